The maximum Gasteiger partial charge on any atom is 0.490 e. The van der Waals surface area contributed by atoms with Crippen LogP contribution in [0.25, 0.3) is 0 Å². The van der Waals surface area contributed by atoms with Gasteiger partial charge in [0.15, 0.2) is 0 Å². The highest BCUT2D eigenvalue weighted by atomic mass is 19.4. The van der Waals surface area contributed by atoms with Crippen LogP contribution in [0.15, 0.2) is 0 Å². The van der Waals surface area contributed by atoms with Gasteiger partial charge in [0.2, 0.25) is 5.91 Å². The Morgan fingerprint density at radius 3 is 1.95 bits per heavy atom. The molecule has 2 unspecified atom stereocenters. The van der Waals surface area contributed by atoms with E-state index in [1.165, 1.54) is 12.8 Å². The van der Waals surface area contributed by atoms with E-state index in [0.717, 1.165) is 25.9 Å². The summed E-state index contributed by atoms with van der Waals surface area (Å²) in [6, 6.07) is 0. The van der Waals surface area contributed by atoms with Crippen molar-refractivity contribution in [3.63, 3.8) is 0 Å². The second kappa shape index (κ2) is 9.66. The summed E-state index contributed by atoms with van der Waals surface area (Å²) in [5.41, 5.74) is 5.48. The second-order valence-electron chi connectivity index (χ2n) is 5.38. The maximum absolute atomic E-state index is 11.4. The van der Waals surface area contributed by atoms with Gasteiger partial charge in [-0.25, -0.2) is 4.79 Å². The number of hydrogen-bond acceptors (Lipinski definition) is 3. The molecular formula is C14H25F3N2O3. The van der Waals surface area contributed by atoms with Gasteiger partial charge in [0, 0.05) is 5.92 Å². The summed E-state index contributed by atoms with van der Waals surface area (Å²) in [6.07, 6.45) is -0.728. The Morgan fingerprint density at radius 2 is 1.68 bits per heavy atom. The van der Waals surface area contributed by atoms with Crippen LogP contribution in [0.5, 0.6) is 0 Å². The molecule has 0 bridgehead atoms. The molecule has 130 valence electrons. The minimum absolute atomic E-state index is 0.0816. The van der Waals surface area contributed by atoms with Crippen LogP contribution in [0, 0.1) is 17.8 Å². The zero-order valence-corrected chi connectivity index (χ0v) is 12.9. The zero-order chi connectivity index (χ0) is 17.3. The molecule has 1 fully saturated rings. The van der Waals surface area contributed by atoms with Crippen LogP contribution in [0.2, 0.25) is 0 Å². The van der Waals surface area contributed by atoms with Gasteiger partial charge in [0.1, 0.15) is 0 Å². The number of nitrogens with one attached hydrogen (secondary N) is 1. The first-order valence-corrected chi connectivity index (χ1v) is 7.45. The van der Waals surface area contributed by atoms with E-state index in [2.05, 4.69) is 19.2 Å². The first kappa shape index (κ1) is 20.7. The number of amides is 1. The topological polar surface area (TPSA) is 92.4 Å². The third kappa shape index (κ3) is 7.11. The number of nitrogens with two attached hydrogens (primary N) is 1. The van der Waals surface area contributed by atoms with Gasteiger partial charge in [-0.15, -0.1) is 0 Å². The number of carboxylic acids is 1. The van der Waals surface area contributed by atoms with E-state index >= 15 is 0 Å². The number of hydrogen-bond donors (Lipinski definition) is 3. The Hall–Kier alpha value is -1.31. The van der Waals surface area contributed by atoms with Gasteiger partial charge in [0.25, 0.3) is 0 Å². The predicted molar refractivity (Wildman–Crippen MR) is 76.0 cm³/mol. The lowest BCUT2D eigenvalue weighted by Gasteiger charge is -2.33. The Bertz CT molecular complexity index is 356. The fourth-order valence-corrected chi connectivity index (χ4v) is 2.93. The van der Waals surface area contributed by atoms with Gasteiger partial charge in [-0.1, -0.05) is 20.3 Å². The van der Waals surface area contributed by atoms with Crippen LogP contribution in [-0.4, -0.2) is 36.2 Å². The van der Waals surface area contributed by atoms with E-state index in [1.807, 2.05) is 0 Å². The molecule has 1 aliphatic heterocycles. The normalized spacial score (nSPS) is 18.8. The molecule has 0 spiro atoms. The van der Waals surface area contributed by atoms with Crippen molar-refractivity contribution in [2.24, 2.45) is 23.5 Å². The van der Waals surface area contributed by atoms with Crippen molar-refractivity contribution in [1.29, 1.82) is 0 Å². The fraction of sp³-hybridized carbons (Fsp3) is 0.857. The van der Waals surface area contributed by atoms with Gasteiger partial charge >= 0.3 is 12.1 Å². The summed E-state index contributed by atoms with van der Waals surface area (Å²) in [7, 11) is 0. The predicted octanol–water partition coefficient (Wildman–Crippen LogP) is 2.16. The number of halogens is 3. The highest BCUT2D eigenvalue weighted by molar-refractivity contribution is 5.76. The van der Waals surface area contributed by atoms with Crippen molar-refractivity contribution in [2.45, 2.75) is 45.7 Å². The Labute approximate surface area is 128 Å². The van der Waals surface area contributed by atoms with Gasteiger partial charge in [-0.05, 0) is 44.2 Å². The lowest BCUT2D eigenvalue weighted by Crippen LogP contribution is -2.38. The molecule has 0 aliphatic carbocycles. The fourth-order valence-electron chi connectivity index (χ4n) is 2.93. The summed E-state index contributed by atoms with van der Waals surface area (Å²) >= 11 is 0. The van der Waals surface area contributed by atoms with Gasteiger partial charge in [-0.2, -0.15) is 13.2 Å². The Morgan fingerprint density at radius 1 is 1.23 bits per heavy atom. The zero-order valence-electron chi connectivity index (χ0n) is 12.9. The van der Waals surface area contributed by atoms with Crippen LogP contribution in [-0.2, 0) is 9.59 Å². The molecule has 0 radical (unpaired) electrons. The molecule has 1 amide bonds. The standard InChI is InChI=1S/C12H24N2O.C2HF3O2/c1-3-10(11(4-2)12(13)15)9-5-7-14-8-6-9;3-2(4,5)1(6)7/h9-11,14H,3-8H2,1-2H3,(H2,13,15);(H,6,7). The number of carbonyl (C=O) groups excluding carboxylic acids is 1. The molecule has 1 heterocycles. The van der Waals surface area contributed by atoms with Crippen molar-refractivity contribution < 1.29 is 27.9 Å². The lowest BCUT2D eigenvalue weighted by atomic mass is 9.74. The number of piperidine rings is 1. The molecule has 2 atom stereocenters. The van der Waals surface area contributed by atoms with Crippen LogP contribution in [0.1, 0.15) is 39.5 Å². The summed E-state index contributed by atoms with van der Waals surface area (Å²) in [5.74, 6) is -1.60. The summed E-state index contributed by atoms with van der Waals surface area (Å²) in [6.45, 7) is 6.43. The first-order valence-electron chi connectivity index (χ1n) is 7.45. The van der Waals surface area contributed by atoms with Crippen molar-refractivity contribution >= 4 is 11.9 Å². The molecule has 8 heteroatoms. The average Bonchev–Trinajstić information content (AvgIpc) is 2.44. The van der Waals surface area contributed by atoms with Crippen LogP contribution in [0.4, 0.5) is 13.2 Å². The summed E-state index contributed by atoms with van der Waals surface area (Å²) in [5, 5.41) is 10.5. The molecule has 1 rings (SSSR count). The molecule has 0 aromatic rings. The molecule has 0 saturated carbocycles. The number of rotatable bonds is 5. The van der Waals surface area contributed by atoms with Crippen LogP contribution in [0.3, 0.4) is 0 Å². The lowest BCUT2D eigenvalue weighted by molar-refractivity contribution is -0.192. The number of aliphatic carboxylic acids is 1. The first-order chi connectivity index (χ1) is 10.1. The van der Waals surface area contributed by atoms with E-state index in [1.54, 1.807) is 0 Å². The smallest absolute Gasteiger partial charge is 0.475 e. The van der Waals surface area contributed by atoms with E-state index in [0.29, 0.717) is 11.8 Å². The maximum atomic E-state index is 11.4. The monoisotopic (exact) mass is 326 g/mol. The van der Waals surface area contributed by atoms with Crippen molar-refractivity contribution in [1.82, 2.24) is 5.32 Å². The molecule has 1 saturated heterocycles. The molecule has 4 N–H and O–H groups in total. The Balaban J connectivity index is 0.000000534. The van der Waals surface area contributed by atoms with E-state index in [9.17, 15) is 18.0 Å². The molecule has 0 aromatic carbocycles. The highest BCUT2D eigenvalue weighted by Gasteiger charge is 2.38. The van der Waals surface area contributed by atoms with Crippen molar-refractivity contribution in [2.75, 3.05) is 13.1 Å². The number of carbonyl (C=O) groups is 2. The molecule has 5 nitrogen and oxygen atoms in total. The number of alkyl halides is 3. The minimum atomic E-state index is -5.08. The molecule has 1 aliphatic rings. The minimum Gasteiger partial charge on any atom is -0.475 e. The van der Waals surface area contributed by atoms with E-state index in [-0.39, 0.29) is 11.8 Å². The van der Waals surface area contributed by atoms with Crippen molar-refractivity contribution in [3.05, 3.63) is 0 Å². The molecule has 0 aromatic heterocycles. The quantitative estimate of drug-likeness (QED) is 0.722. The third-order valence-electron chi connectivity index (χ3n) is 4.03. The van der Waals surface area contributed by atoms with E-state index < -0.39 is 12.1 Å². The van der Waals surface area contributed by atoms with Crippen LogP contribution >= 0.6 is 0 Å². The van der Waals surface area contributed by atoms with E-state index in [4.69, 9.17) is 15.6 Å². The Kier molecular flexibility index (Phi) is 9.08. The van der Waals surface area contributed by atoms with Gasteiger partial charge in [0.05, 0.1) is 0 Å². The second-order valence-corrected chi connectivity index (χ2v) is 5.38. The largest absolute Gasteiger partial charge is 0.490 e. The van der Waals surface area contributed by atoms with Gasteiger partial charge in [-0.3, -0.25) is 4.79 Å². The average molecular weight is 326 g/mol. The summed E-state index contributed by atoms with van der Waals surface area (Å²) < 4.78 is 31.7. The highest BCUT2D eigenvalue weighted by Crippen LogP contribution is 2.32. The van der Waals surface area contributed by atoms with Gasteiger partial charge < -0.3 is 16.2 Å². The number of primary amides is 1. The summed E-state index contributed by atoms with van der Waals surface area (Å²) in [4.78, 5) is 20.3. The van der Waals surface area contributed by atoms with Crippen LogP contribution < -0.4 is 11.1 Å². The molecular weight excluding hydrogens is 301 g/mol. The third-order valence-corrected chi connectivity index (χ3v) is 4.03. The molecule has 22 heavy (non-hydrogen) atoms. The van der Waals surface area contributed by atoms with Crippen molar-refractivity contribution in [3.8, 4) is 0 Å². The SMILES string of the molecule is CCC(C(N)=O)C(CC)C1CCNCC1.O=C(O)C(F)(F)F. The number of carboxylic acid groups (broad SMARTS) is 1.